The number of anilines is 1. The van der Waals surface area contributed by atoms with Crippen molar-refractivity contribution in [2.75, 3.05) is 12.4 Å². The third-order valence-corrected chi connectivity index (χ3v) is 2.86. The van der Waals surface area contributed by atoms with E-state index in [0.717, 1.165) is 17.3 Å². The highest BCUT2D eigenvalue weighted by atomic mass is 19.1. The summed E-state index contributed by atoms with van der Waals surface area (Å²) in [7, 11) is 1.68. The topological polar surface area (TPSA) is 55.6 Å². The lowest BCUT2D eigenvalue weighted by Crippen LogP contribution is -2.06. The molecule has 3 aromatic rings. The second kappa shape index (κ2) is 5.08. The van der Waals surface area contributed by atoms with E-state index in [1.54, 1.807) is 19.4 Å². The predicted molar refractivity (Wildman–Crippen MR) is 74.1 cm³/mol. The molecule has 0 aliphatic carbocycles. The van der Waals surface area contributed by atoms with Gasteiger partial charge in [-0.3, -0.25) is 0 Å². The summed E-state index contributed by atoms with van der Waals surface area (Å²) in [6.07, 6.45) is 4.54. The van der Waals surface area contributed by atoms with Crippen molar-refractivity contribution < 1.29 is 4.39 Å². The highest BCUT2D eigenvalue weighted by Crippen LogP contribution is 2.20. The Morgan fingerprint density at radius 3 is 2.65 bits per heavy atom. The molecule has 0 saturated carbocycles. The molecule has 6 heteroatoms. The summed E-state index contributed by atoms with van der Waals surface area (Å²) in [5.74, 6) is -0.0589. The first kappa shape index (κ1) is 12.3. The Morgan fingerprint density at radius 2 is 1.90 bits per heavy atom. The van der Waals surface area contributed by atoms with Crippen molar-refractivity contribution >= 4 is 5.95 Å². The van der Waals surface area contributed by atoms with Crippen LogP contribution in [-0.2, 0) is 0 Å². The smallest absolute Gasteiger partial charge is 0.224 e. The Kier molecular flexibility index (Phi) is 3.12. The average Bonchev–Trinajstić information content (AvgIpc) is 2.98. The van der Waals surface area contributed by atoms with E-state index >= 15 is 0 Å². The zero-order valence-electron chi connectivity index (χ0n) is 10.8. The molecule has 0 aliphatic heterocycles. The molecule has 1 aromatic carbocycles. The highest BCUT2D eigenvalue weighted by molar-refractivity contribution is 5.61. The molecular weight excluding hydrogens is 257 g/mol. The fourth-order valence-corrected chi connectivity index (χ4v) is 1.86. The van der Waals surface area contributed by atoms with Gasteiger partial charge in [0.25, 0.3) is 0 Å². The largest absolute Gasteiger partial charge is 0.357 e. The van der Waals surface area contributed by atoms with Crippen LogP contribution in [0.15, 0.2) is 48.9 Å². The molecule has 0 unspecified atom stereocenters. The van der Waals surface area contributed by atoms with Crippen LogP contribution in [0.5, 0.6) is 0 Å². The Hall–Kier alpha value is -2.76. The van der Waals surface area contributed by atoms with E-state index in [0.29, 0.717) is 5.95 Å². The van der Waals surface area contributed by atoms with Gasteiger partial charge in [0.05, 0.1) is 12.4 Å². The summed E-state index contributed by atoms with van der Waals surface area (Å²) in [5, 5.41) is 6.93. The highest BCUT2D eigenvalue weighted by Gasteiger charge is 2.10. The van der Waals surface area contributed by atoms with Gasteiger partial charge >= 0.3 is 0 Å². The van der Waals surface area contributed by atoms with Crippen LogP contribution in [0.3, 0.4) is 0 Å². The first-order valence-corrected chi connectivity index (χ1v) is 6.08. The number of nitrogens with zero attached hydrogens (tertiary/aromatic N) is 4. The third kappa shape index (κ3) is 2.23. The minimum Gasteiger partial charge on any atom is -0.357 e. The van der Waals surface area contributed by atoms with Gasteiger partial charge in [0.15, 0.2) is 11.6 Å². The zero-order valence-corrected chi connectivity index (χ0v) is 10.8. The average molecular weight is 269 g/mol. The summed E-state index contributed by atoms with van der Waals surface area (Å²) in [4.78, 5) is 7.88. The van der Waals surface area contributed by atoms with E-state index in [9.17, 15) is 4.39 Å². The van der Waals surface area contributed by atoms with E-state index < -0.39 is 5.82 Å². The van der Waals surface area contributed by atoms with Crippen LogP contribution in [0, 0.1) is 5.82 Å². The minimum atomic E-state index is -0.522. The molecular formula is C14H12FN5. The molecule has 0 bridgehead atoms. The molecule has 0 spiro atoms. The van der Waals surface area contributed by atoms with Crippen LogP contribution < -0.4 is 5.32 Å². The number of rotatable bonds is 3. The molecule has 0 amide bonds. The van der Waals surface area contributed by atoms with Gasteiger partial charge in [0.1, 0.15) is 0 Å². The monoisotopic (exact) mass is 269 g/mol. The molecule has 3 rings (SSSR count). The van der Waals surface area contributed by atoms with Crippen LogP contribution in [0.1, 0.15) is 0 Å². The fourth-order valence-electron chi connectivity index (χ4n) is 1.86. The van der Waals surface area contributed by atoms with Gasteiger partial charge in [-0.05, 0) is 5.56 Å². The molecule has 0 saturated heterocycles. The lowest BCUT2D eigenvalue weighted by Gasteiger charge is -2.04. The Balaban J connectivity index is 2.02. The molecule has 0 fully saturated rings. The van der Waals surface area contributed by atoms with E-state index in [2.05, 4.69) is 20.4 Å². The van der Waals surface area contributed by atoms with E-state index in [4.69, 9.17) is 0 Å². The predicted octanol–water partition coefficient (Wildman–Crippen LogP) is 2.51. The van der Waals surface area contributed by atoms with Crippen LogP contribution in [0.2, 0.25) is 0 Å². The van der Waals surface area contributed by atoms with Crippen LogP contribution >= 0.6 is 0 Å². The lowest BCUT2D eigenvalue weighted by atomic mass is 10.1. The minimum absolute atomic E-state index is 0.117. The number of benzene rings is 1. The summed E-state index contributed by atoms with van der Waals surface area (Å²) in [6, 6.07) is 9.76. The van der Waals surface area contributed by atoms with E-state index in [1.807, 2.05) is 30.3 Å². The molecule has 2 heterocycles. The summed E-state index contributed by atoms with van der Waals surface area (Å²) >= 11 is 0. The maximum absolute atomic E-state index is 13.8. The maximum atomic E-state index is 13.8. The lowest BCUT2D eigenvalue weighted by molar-refractivity contribution is 0.593. The fraction of sp³-hybridized carbons (Fsp3) is 0.0714. The van der Waals surface area contributed by atoms with Crippen molar-refractivity contribution in [1.82, 2.24) is 19.7 Å². The zero-order chi connectivity index (χ0) is 13.9. The van der Waals surface area contributed by atoms with Gasteiger partial charge in [0, 0.05) is 18.8 Å². The van der Waals surface area contributed by atoms with Gasteiger partial charge in [-0.15, -0.1) is 0 Å². The summed E-state index contributed by atoms with van der Waals surface area (Å²) in [6.45, 7) is 0. The van der Waals surface area contributed by atoms with Crippen LogP contribution in [0.25, 0.3) is 16.9 Å². The van der Waals surface area contributed by atoms with Crippen molar-refractivity contribution in [2.45, 2.75) is 0 Å². The quantitative estimate of drug-likeness (QED) is 0.793. The molecule has 100 valence electrons. The molecule has 1 N–H and O–H groups in total. The molecule has 0 atom stereocenters. The summed E-state index contributed by atoms with van der Waals surface area (Å²) in [5.41, 5.74) is 1.91. The van der Waals surface area contributed by atoms with E-state index in [1.165, 1.54) is 4.68 Å². The van der Waals surface area contributed by atoms with Crippen molar-refractivity contribution in [3.05, 3.63) is 54.7 Å². The van der Waals surface area contributed by atoms with Crippen molar-refractivity contribution in [3.63, 3.8) is 0 Å². The van der Waals surface area contributed by atoms with Crippen LogP contribution in [-0.4, -0.2) is 26.8 Å². The second-order valence-electron chi connectivity index (χ2n) is 4.15. The second-order valence-corrected chi connectivity index (χ2v) is 4.15. The number of nitrogens with one attached hydrogen (secondary N) is 1. The normalized spacial score (nSPS) is 10.5. The maximum Gasteiger partial charge on any atom is 0.224 e. The van der Waals surface area contributed by atoms with Gasteiger partial charge < -0.3 is 5.32 Å². The number of hydrogen-bond donors (Lipinski definition) is 1. The number of halogens is 1. The first-order chi connectivity index (χ1) is 9.78. The van der Waals surface area contributed by atoms with Gasteiger partial charge in [-0.2, -0.15) is 10.1 Å². The van der Waals surface area contributed by atoms with Gasteiger partial charge in [0.2, 0.25) is 5.95 Å². The Labute approximate surface area is 115 Å². The van der Waals surface area contributed by atoms with Gasteiger partial charge in [-0.25, -0.2) is 14.1 Å². The van der Waals surface area contributed by atoms with Crippen molar-refractivity contribution in [2.24, 2.45) is 0 Å². The molecule has 2 aromatic heterocycles. The molecule has 20 heavy (non-hydrogen) atoms. The molecule has 0 radical (unpaired) electrons. The number of hydrogen-bond acceptors (Lipinski definition) is 4. The van der Waals surface area contributed by atoms with Crippen LogP contribution in [0.4, 0.5) is 10.3 Å². The Bertz CT molecular complexity index is 723. The Morgan fingerprint density at radius 1 is 1.10 bits per heavy atom. The number of aromatic nitrogens is 4. The molecule has 0 aliphatic rings. The molecule has 5 nitrogen and oxygen atoms in total. The summed E-state index contributed by atoms with van der Waals surface area (Å²) < 4.78 is 15.2. The first-order valence-electron chi connectivity index (χ1n) is 6.08. The van der Waals surface area contributed by atoms with Crippen molar-refractivity contribution in [3.8, 4) is 16.9 Å². The van der Waals surface area contributed by atoms with Crippen molar-refractivity contribution in [1.29, 1.82) is 0 Å². The van der Waals surface area contributed by atoms with Gasteiger partial charge in [-0.1, -0.05) is 30.3 Å². The van der Waals surface area contributed by atoms with E-state index in [-0.39, 0.29) is 5.82 Å². The SMILES string of the molecule is CNc1ncc(F)c(-n2cc(-c3ccccc3)cn2)n1. The third-order valence-electron chi connectivity index (χ3n) is 2.86. The standard InChI is InChI=1S/C14H12FN5/c1-16-14-17-8-12(15)13(19-14)20-9-11(7-18-20)10-5-3-2-4-6-10/h2-9H,1H3,(H,16,17,19).